The van der Waals surface area contributed by atoms with E-state index in [1.165, 1.54) is 20.3 Å². The van der Waals surface area contributed by atoms with Gasteiger partial charge in [0.25, 0.3) is 0 Å². The zero-order chi connectivity index (χ0) is 16.8. The van der Waals surface area contributed by atoms with E-state index in [1.54, 1.807) is 19.1 Å². The Hall–Kier alpha value is -3.16. The van der Waals surface area contributed by atoms with E-state index in [9.17, 15) is 9.90 Å². The number of nitrogens with one attached hydrogen (secondary N) is 1. The van der Waals surface area contributed by atoms with Gasteiger partial charge in [-0.1, -0.05) is 35.4 Å². The molecule has 0 radical (unpaired) electrons. The van der Waals surface area contributed by atoms with Crippen molar-refractivity contribution in [3.63, 3.8) is 0 Å². The Bertz CT molecular complexity index is 667. The summed E-state index contributed by atoms with van der Waals surface area (Å²) in [6.07, 6.45) is 1.49. The predicted molar refractivity (Wildman–Crippen MR) is 82.3 cm³/mol. The molecule has 0 bridgehead atoms. The molecule has 0 atom stereocenters. The average molecular weight is 319 g/mol. The maximum absolute atomic E-state index is 11.5. The van der Waals surface area contributed by atoms with Crippen LogP contribution in [-0.4, -0.2) is 36.5 Å². The molecule has 8 heteroatoms. The Morgan fingerprint density at radius 2 is 1.91 bits per heavy atom. The molecule has 1 aliphatic heterocycles. The molecule has 0 amide bonds. The lowest BCUT2D eigenvalue weighted by Crippen LogP contribution is -2.38. The number of hydrazine groups is 1. The first-order valence-corrected chi connectivity index (χ1v) is 6.67. The first-order chi connectivity index (χ1) is 11.0. The monoisotopic (exact) mass is 319 g/mol. The van der Waals surface area contributed by atoms with Crippen LogP contribution in [0.4, 0.5) is 0 Å². The molecule has 0 saturated carbocycles. The van der Waals surface area contributed by atoms with Crippen LogP contribution in [0.2, 0.25) is 0 Å². The molecule has 0 fully saturated rings. The van der Waals surface area contributed by atoms with E-state index in [1.807, 2.05) is 18.2 Å². The number of benzene rings is 1. The standard InChI is InChI=1S/C15H17N3O5/c1-10(11-7-5-4-6-8-11)14(15(19)20)23-18-16-12(21-2)9-13(17-18)22-3/h4-9,16H,1-3H3,(H,19,20). The molecule has 2 N–H and O–H groups in total. The van der Waals surface area contributed by atoms with Gasteiger partial charge in [0, 0.05) is 5.57 Å². The van der Waals surface area contributed by atoms with Gasteiger partial charge in [-0.25, -0.2) is 10.2 Å². The summed E-state index contributed by atoms with van der Waals surface area (Å²) < 4.78 is 10.1. The second-order valence-corrected chi connectivity index (χ2v) is 4.46. The van der Waals surface area contributed by atoms with Gasteiger partial charge in [-0.2, -0.15) is 0 Å². The van der Waals surface area contributed by atoms with Gasteiger partial charge >= 0.3 is 5.97 Å². The van der Waals surface area contributed by atoms with Gasteiger partial charge in [0.1, 0.15) is 0 Å². The van der Waals surface area contributed by atoms with E-state index in [0.717, 1.165) is 10.8 Å². The second kappa shape index (κ2) is 7.21. The number of hydrazone groups is 1. The quantitative estimate of drug-likeness (QED) is 0.630. The van der Waals surface area contributed by atoms with Crippen LogP contribution >= 0.6 is 0 Å². The summed E-state index contributed by atoms with van der Waals surface area (Å²) in [5.41, 5.74) is 3.81. The number of hydrogen-bond donors (Lipinski definition) is 2. The molecule has 0 aromatic heterocycles. The van der Waals surface area contributed by atoms with Crippen molar-refractivity contribution < 1.29 is 24.2 Å². The van der Waals surface area contributed by atoms with Crippen LogP contribution in [0.1, 0.15) is 12.5 Å². The number of carboxylic acids is 1. The molecular weight excluding hydrogens is 302 g/mol. The normalized spacial score (nSPS) is 14.8. The maximum Gasteiger partial charge on any atom is 0.375 e. The fourth-order valence-corrected chi connectivity index (χ4v) is 1.80. The number of carbonyl (C=O) groups is 1. The Morgan fingerprint density at radius 3 is 2.48 bits per heavy atom. The number of aliphatic carboxylic acids is 1. The molecule has 1 aromatic rings. The smallest absolute Gasteiger partial charge is 0.375 e. The summed E-state index contributed by atoms with van der Waals surface area (Å²) in [4.78, 5) is 16.9. The fourth-order valence-electron chi connectivity index (χ4n) is 1.80. The Morgan fingerprint density at radius 1 is 1.22 bits per heavy atom. The van der Waals surface area contributed by atoms with Gasteiger partial charge < -0.3 is 19.4 Å². The lowest BCUT2D eigenvalue weighted by molar-refractivity contribution is -0.179. The molecule has 1 aliphatic rings. The van der Waals surface area contributed by atoms with Crippen LogP contribution in [-0.2, 0) is 19.1 Å². The van der Waals surface area contributed by atoms with Gasteiger partial charge in [-0.05, 0) is 17.8 Å². The lowest BCUT2D eigenvalue weighted by atomic mass is 10.1. The second-order valence-electron chi connectivity index (χ2n) is 4.46. The van der Waals surface area contributed by atoms with E-state index in [4.69, 9.17) is 14.3 Å². The Kier molecular flexibility index (Phi) is 5.08. The molecule has 1 aromatic carbocycles. The third kappa shape index (κ3) is 3.94. The summed E-state index contributed by atoms with van der Waals surface area (Å²) >= 11 is 0. The number of allylic oxidation sites excluding steroid dienone is 1. The van der Waals surface area contributed by atoms with Crippen LogP contribution in [0.25, 0.3) is 5.57 Å². The molecular formula is C15H17N3O5. The zero-order valence-electron chi connectivity index (χ0n) is 12.9. The molecule has 0 spiro atoms. The third-order valence-electron chi connectivity index (χ3n) is 3.00. The van der Waals surface area contributed by atoms with E-state index < -0.39 is 5.97 Å². The number of nitrogens with zero attached hydrogens (tertiary/aromatic N) is 2. The van der Waals surface area contributed by atoms with E-state index in [2.05, 4.69) is 10.5 Å². The fraction of sp³-hybridized carbons (Fsp3) is 0.200. The van der Waals surface area contributed by atoms with E-state index in [-0.39, 0.29) is 11.7 Å². The van der Waals surface area contributed by atoms with Crippen molar-refractivity contribution in [1.82, 2.24) is 10.7 Å². The van der Waals surface area contributed by atoms with E-state index in [0.29, 0.717) is 11.5 Å². The van der Waals surface area contributed by atoms with Crippen LogP contribution in [0, 0.1) is 0 Å². The molecule has 0 saturated heterocycles. The highest BCUT2D eigenvalue weighted by atomic mass is 16.8. The summed E-state index contributed by atoms with van der Waals surface area (Å²) in [7, 11) is 2.87. The highest BCUT2D eigenvalue weighted by Gasteiger charge is 2.22. The van der Waals surface area contributed by atoms with Crippen molar-refractivity contribution in [2.24, 2.45) is 5.10 Å². The summed E-state index contributed by atoms with van der Waals surface area (Å²) in [5.74, 6) is -1.02. The SMILES string of the molecule is COC1=CC(OC)=NN(OC(C(=O)O)=C(C)c2ccccc2)N1. The summed E-state index contributed by atoms with van der Waals surface area (Å²) in [6.45, 7) is 1.65. The molecule has 2 rings (SSSR count). The van der Waals surface area contributed by atoms with Gasteiger partial charge in [0.2, 0.25) is 17.5 Å². The minimum Gasteiger partial charge on any atom is -0.481 e. The number of hydrogen-bond acceptors (Lipinski definition) is 7. The van der Waals surface area contributed by atoms with Crippen LogP contribution in [0.3, 0.4) is 0 Å². The van der Waals surface area contributed by atoms with Crippen LogP contribution in [0.15, 0.2) is 53.2 Å². The highest BCUT2D eigenvalue weighted by molar-refractivity contribution is 5.93. The molecule has 0 aliphatic carbocycles. The van der Waals surface area contributed by atoms with Crippen molar-refractivity contribution in [3.8, 4) is 0 Å². The van der Waals surface area contributed by atoms with Gasteiger partial charge in [-0.3, -0.25) is 0 Å². The lowest BCUT2D eigenvalue weighted by Gasteiger charge is -2.25. The Labute approximate surface area is 133 Å². The van der Waals surface area contributed by atoms with Gasteiger partial charge in [0.15, 0.2) is 0 Å². The van der Waals surface area contributed by atoms with Crippen molar-refractivity contribution in [2.75, 3.05) is 14.2 Å². The summed E-state index contributed by atoms with van der Waals surface area (Å²) in [6, 6.07) is 9.04. The van der Waals surface area contributed by atoms with Crippen molar-refractivity contribution in [2.45, 2.75) is 6.92 Å². The first kappa shape index (κ1) is 16.2. The van der Waals surface area contributed by atoms with Gasteiger partial charge in [0.05, 0.1) is 20.3 Å². The molecule has 8 nitrogen and oxygen atoms in total. The molecule has 23 heavy (non-hydrogen) atoms. The molecule has 122 valence electrons. The van der Waals surface area contributed by atoms with Crippen molar-refractivity contribution in [1.29, 1.82) is 0 Å². The number of carboxylic acid groups (broad SMARTS) is 1. The van der Waals surface area contributed by atoms with Crippen molar-refractivity contribution in [3.05, 3.63) is 53.6 Å². The largest absolute Gasteiger partial charge is 0.481 e. The van der Waals surface area contributed by atoms with Gasteiger partial charge in [-0.15, -0.1) is 0 Å². The number of methoxy groups -OCH3 is 2. The molecule has 0 unspecified atom stereocenters. The van der Waals surface area contributed by atoms with E-state index >= 15 is 0 Å². The van der Waals surface area contributed by atoms with Crippen molar-refractivity contribution >= 4 is 17.4 Å². The molecule has 1 heterocycles. The predicted octanol–water partition coefficient (Wildman–Crippen LogP) is 1.70. The Balaban J connectivity index is 2.29. The summed E-state index contributed by atoms with van der Waals surface area (Å²) in [5, 5.41) is 14.2. The minimum atomic E-state index is -1.23. The topological polar surface area (TPSA) is 92.6 Å². The number of rotatable bonds is 5. The number of ether oxygens (including phenoxy) is 2. The highest BCUT2D eigenvalue weighted by Crippen LogP contribution is 2.20. The average Bonchev–Trinajstić information content (AvgIpc) is 2.59. The minimum absolute atomic E-state index is 0.197. The first-order valence-electron chi connectivity index (χ1n) is 6.67. The maximum atomic E-state index is 11.5. The third-order valence-corrected chi connectivity index (χ3v) is 3.00. The van der Waals surface area contributed by atoms with Crippen LogP contribution in [0.5, 0.6) is 0 Å². The zero-order valence-corrected chi connectivity index (χ0v) is 12.9. The van der Waals surface area contributed by atoms with Crippen LogP contribution < -0.4 is 5.43 Å².